The summed E-state index contributed by atoms with van der Waals surface area (Å²) in [6.07, 6.45) is 3.90. The van der Waals surface area contributed by atoms with Crippen LogP contribution in [0.3, 0.4) is 0 Å². The lowest BCUT2D eigenvalue weighted by atomic mass is 10.2. The fraction of sp³-hybridized carbons (Fsp3) is 0.500. The number of methoxy groups -OCH3 is 1. The van der Waals surface area contributed by atoms with Crippen LogP contribution in [0.4, 0.5) is 0 Å². The van der Waals surface area contributed by atoms with E-state index in [1.165, 1.54) is 26.1 Å². The summed E-state index contributed by atoms with van der Waals surface area (Å²) in [5, 5.41) is 0. The Hall–Kier alpha value is -0.850. The zero-order valence-corrected chi connectivity index (χ0v) is 12.0. The van der Waals surface area contributed by atoms with Crippen molar-refractivity contribution < 1.29 is 14.3 Å². The predicted octanol–water partition coefficient (Wildman–Crippen LogP) is 2.65. The van der Waals surface area contributed by atoms with Crippen LogP contribution >= 0.6 is 22.6 Å². The highest BCUT2D eigenvalue weighted by Gasteiger charge is 2.38. The first-order valence-electron chi connectivity index (χ1n) is 5.41. The number of hydrogen-bond acceptors (Lipinski definition) is 4. The molecule has 0 aromatic carbocycles. The van der Waals surface area contributed by atoms with Crippen molar-refractivity contribution in [2.75, 3.05) is 13.7 Å². The molecule has 0 spiro atoms. The molecule has 0 bridgehead atoms. The van der Waals surface area contributed by atoms with Crippen molar-refractivity contribution in [1.29, 1.82) is 0 Å². The predicted molar refractivity (Wildman–Crippen MR) is 71.1 cm³/mol. The van der Waals surface area contributed by atoms with Gasteiger partial charge in [0.1, 0.15) is 3.70 Å². The Labute approximate surface area is 114 Å². The second kappa shape index (κ2) is 4.80. The highest BCUT2D eigenvalue weighted by molar-refractivity contribution is 14.1. The normalized spacial score (nSPS) is 16.4. The van der Waals surface area contributed by atoms with Gasteiger partial charge in [-0.3, -0.25) is 0 Å². The summed E-state index contributed by atoms with van der Waals surface area (Å²) in [5.74, 6) is 0.262. The molecule has 17 heavy (non-hydrogen) atoms. The van der Waals surface area contributed by atoms with Crippen LogP contribution in [0.1, 0.15) is 30.1 Å². The van der Waals surface area contributed by atoms with E-state index in [9.17, 15) is 4.79 Å². The van der Waals surface area contributed by atoms with E-state index < -0.39 is 5.97 Å². The molecule has 1 aromatic rings. The Balaban J connectivity index is 2.11. The zero-order chi connectivity index (χ0) is 12.5. The number of ether oxygens (including phenoxy) is 2. The number of nitrogens with zero attached hydrogens (tertiary/aromatic N) is 1. The van der Waals surface area contributed by atoms with Gasteiger partial charge < -0.3 is 9.47 Å². The second-order valence-corrected chi connectivity index (χ2v) is 5.63. The molecule has 0 unspecified atom stereocenters. The fourth-order valence-corrected chi connectivity index (χ4v) is 1.82. The van der Waals surface area contributed by atoms with Crippen LogP contribution in [0.15, 0.2) is 12.3 Å². The molecule has 0 atom stereocenters. The SMILES string of the molecule is COC(=O)c1cnc(I)c(OCC2(C)CC2)c1. The van der Waals surface area contributed by atoms with Crippen LogP contribution in [-0.2, 0) is 4.74 Å². The van der Waals surface area contributed by atoms with Crippen molar-refractivity contribution in [2.45, 2.75) is 19.8 Å². The third-order valence-corrected chi connectivity index (χ3v) is 3.72. The summed E-state index contributed by atoms with van der Waals surface area (Å²) in [7, 11) is 1.35. The number of rotatable bonds is 4. The molecule has 1 aliphatic rings. The molecule has 0 saturated heterocycles. The van der Waals surface area contributed by atoms with Crippen LogP contribution in [0.5, 0.6) is 5.75 Å². The van der Waals surface area contributed by atoms with Gasteiger partial charge in [0.15, 0.2) is 5.75 Å². The number of hydrogen-bond donors (Lipinski definition) is 0. The minimum Gasteiger partial charge on any atom is -0.490 e. The summed E-state index contributed by atoms with van der Waals surface area (Å²) < 4.78 is 11.1. The lowest BCUT2D eigenvalue weighted by molar-refractivity contribution is 0.0599. The van der Waals surface area contributed by atoms with Crippen molar-refractivity contribution in [3.05, 3.63) is 21.5 Å². The molecule has 0 N–H and O–H groups in total. The van der Waals surface area contributed by atoms with Crippen LogP contribution in [-0.4, -0.2) is 24.7 Å². The third-order valence-electron chi connectivity index (χ3n) is 2.91. The molecule has 0 amide bonds. The Kier molecular flexibility index (Phi) is 3.56. The number of aromatic nitrogens is 1. The van der Waals surface area contributed by atoms with Gasteiger partial charge in [-0.25, -0.2) is 9.78 Å². The monoisotopic (exact) mass is 347 g/mol. The first-order chi connectivity index (χ1) is 8.04. The Morgan fingerprint density at radius 1 is 1.59 bits per heavy atom. The van der Waals surface area contributed by atoms with E-state index in [1.807, 2.05) is 0 Å². The van der Waals surface area contributed by atoms with E-state index >= 15 is 0 Å². The minimum absolute atomic E-state index is 0.310. The van der Waals surface area contributed by atoms with E-state index in [2.05, 4.69) is 39.2 Å². The molecule has 0 radical (unpaired) electrons. The van der Waals surface area contributed by atoms with Crippen molar-refractivity contribution in [3.8, 4) is 5.75 Å². The highest BCUT2D eigenvalue weighted by atomic mass is 127. The van der Waals surface area contributed by atoms with Gasteiger partial charge in [0.2, 0.25) is 0 Å². The van der Waals surface area contributed by atoms with Gasteiger partial charge in [-0.05, 0) is 41.5 Å². The molecule has 2 rings (SSSR count). The number of esters is 1. The molecule has 0 aliphatic heterocycles. The maximum atomic E-state index is 11.4. The molecule has 1 aromatic heterocycles. The molecule has 1 saturated carbocycles. The lowest BCUT2D eigenvalue weighted by Gasteiger charge is -2.12. The largest absolute Gasteiger partial charge is 0.490 e. The molecule has 1 aliphatic carbocycles. The quantitative estimate of drug-likeness (QED) is 0.477. The summed E-state index contributed by atoms with van der Waals surface area (Å²) >= 11 is 2.10. The van der Waals surface area contributed by atoms with Gasteiger partial charge in [-0.2, -0.15) is 0 Å². The fourth-order valence-electron chi connectivity index (χ4n) is 1.37. The molecular weight excluding hydrogens is 333 g/mol. The van der Waals surface area contributed by atoms with E-state index in [4.69, 9.17) is 4.74 Å². The van der Waals surface area contributed by atoms with E-state index in [-0.39, 0.29) is 0 Å². The van der Waals surface area contributed by atoms with E-state index in [1.54, 1.807) is 6.07 Å². The molecule has 4 nitrogen and oxygen atoms in total. The topological polar surface area (TPSA) is 48.4 Å². The van der Waals surface area contributed by atoms with Gasteiger partial charge in [0.25, 0.3) is 0 Å². The van der Waals surface area contributed by atoms with Crippen molar-refractivity contribution in [3.63, 3.8) is 0 Å². The Morgan fingerprint density at radius 2 is 2.29 bits per heavy atom. The smallest absolute Gasteiger partial charge is 0.339 e. The van der Waals surface area contributed by atoms with Gasteiger partial charge in [-0.15, -0.1) is 0 Å². The summed E-state index contributed by atoms with van der Waals surface area (Å²) in [5.41, 5.74) is 0.730. The van der Waals surface area contributed by atoms with Crippen molar-refractivity contribution in [1.82, 2.24) is 4.98 Å². The minimum atomic E-state index is -0.392. The first kappa shape index (κ1) is 12.6. The second-order valence-electron chi connectivity index (χ2n) is 4.60. The first-order valence-corrected chi connectivity index (χ1v) is 6.49. The van der Waals surface area contributed by atoms with E-state index in [0.29, 0.717) is 23.3 Å². The van der Waals surface area contributed by atoms with Crippen LogP contribution in [0.2, 0.25) is 0 Å². The zero-order valence-electron chi connectivity index (χ0n) is 9.83. The third kappa shape index (κ3) is 3.08. The summed E-state index contributed by atoms with van der Waals surface area (Å²) in [4.78, 5) is 15.5. The van der Waals surface area contributed by atoms with Crippen molar-refractivity contribution >= 4 is 28.6 Å². The average Bonchev–Trinajstić information content (AvgIpc) is 3.06. The highest BCUT2D eigenvalue weighted by Crippen LogP contribution is 2.45. The van der Waals surface area contributed by atoms with E-state index in [0.717, 1.165) is 3.70 Å². The summed E-state index contributed by atoms with van der Waals surface area (Å²) in [6.45, 7) is 2.87. The molecular formula is C12H14INO3. The van der Waals surface area contributed by atoms with Crippen LogP contribution < -0.4 is 4.74 Å². The van der Waals surface area contributed by atoms with Gasteiger partial charge in [0.05, 0.1) is 19.3 Å². The standard InChI is InChI=1S/C12H14INO3/c1-12(3-4-12)7-17-9-5-8(11(15)16-2)6-14-10(9)13/h5-6H,3-4,7H2,1-2H3. The average molecular weight is 347 g/mol. The lowest BCUT2D eigenvalue weighted by Crippen LogP contribution is -2.11. The van der Waals surface area contributed by atoms with Crippen LogP contribution in [0.25, 0.3) is 0 Å². The van der Waals surface area contributed by atoms with Gasteiger partial charge in [0, 0.05) is 11.6 Å². The number of halogens is 1. The molecule has 1 fully saturated rings. The maximum absolute atomic E-state index is 11.4. The van der Waals surface area contributed by atoms with Crippen LogP contribution in [0, 0.1) is 9.12 Å². The summed E-state index contributed by atoms with van der Waals surface area (Å²) in [6, 6.07) is 1.69. The van der Waals surface area contributed by atoms with Gasteiger partial charge >= 0.3 is 5.97 Å². The van der Waals surface area contributed by atoms with Crippen molar-refractivity contribution in [2.24, 2.45) is 5.41 Å². The van der Waals surface area contributed by atoms with Gasteiger partial charge in [-0.1, -0.05) is 6.92 Å². The Morgan fingerprint density at radius 3 is 2.88 bits per heavy atom. The maximum Gasteiger partial charge on any atom is 0.339 e. The number of carbonyl (C=O) groups is 1. The molecule has 92 valence electrons. The number of carbonyl (C=O) groups excluding carboxylic acids is 1. The Bertz CT molecular complexity index is 443. The molecule has 5 heteroatoms. The number of pyridine rings is 1. The molecule has 1 heterocycles.